The van der Waals surface area contributed by atoms with Crippen LogP contribution in [-0.4, -0.2) is 36.2 Å². The fourth-order valence-corrected chi connectivity index (χ4v) is 2.70. The topological polar surface area (TPSA) is 120 Å². The second kappa shape index (κ2) is 5.06. The van der Waals surface area contributed by atoms with Crippen LogP contribution in [0.25, 0.3) is 21.9 Å². The van der Waals surface area contributed by atoms with E-state index in [1.807, 2.05) is 18.2 Å². The van der Waals surface area contributed by atoms with E-state index in [9.17, 15) is 4.79 Å². The molecule has 0 unspecified atom stereocenters. The lowest BCUT2D eigenvalue weighted by Crippen LogP contribution is -1.96. The highest BCUT2D eigenvalue weighted by molar-refractivity contribution is 9.10. The molecular weight excluding hydrogens is 364 g/mol. The van der Waals surface area contributed by atoms with Crippen LogP contribution < -0.4 is 5.32 Å². The quantitative estimate of drug-likeness (QED) is 0.410. The number of benzene rings is 1. The first kappa shape index (κ1) is 13.7. The number of hydrogen-bond donors (Lipinski definition) is 4. The number of aromatic amines is 2. The molecule has 9 heteroatoms. The molecule has 0 spiro atoms. The molecular formula is C14H9BrN6O2. The summed E-state index contributed by atoms with van der Waals surface area (Å²) in [5.74, 6) is -0.543. The Morgan fingerprint density at radius 1 is 1.26 bits per heavy atom. The summed E-state index contributed by atoms with van der Waals surface area (Å²) in [6, 6.07) is 7.21. The summed E-state index contributed by atoms with van der Waals surface area (Å²) in [6.45, 7) is 0. The smallest absolute Gasteiger partial charge is 0.352 e. The highest BCUT2D eigenvalue weighted by Gasteiger charge is 2.14. The Morgan fingerprint density at radius 3 is 2.96 bits per heavy atom. The Hall–Kier alpha value is -2.94. The van der Waals surface area contributed by atoms with Crippen LogP contribution in [0.5, 0.6) is 0 Å². The van der Waals surface area contributed by atoms with Crippen LogP contribution in [-0.2, 0) is 0 Å². The Balaban J connectivity index is 1.81. The molecule has 4 N–H and O–H groups in total. The van der Waals surface area contributed by atoms with Crippen LogP contribution in [0.1, 0.15) is 10.5 Å². The predicted molar refractivity (Wildman–Crippen MR) is 87.9 cm³/mol. The number of carboxylic acids is 1. The molecule has 0 amide bonds. The molecule has 3 aromatic heterocycles. The van der Waals surface area contributed by atoms with Crippen molar-refractivity contribution in [2.24, 2.45) is 0 Å². The number of nitrogens with one attached hydrogen (secondary N) is 3. The van der Waals surface area contributed by atoms with Crippen LogP contribution in [0.3, 0.4) is 0 Å². The lowest BCUT2D eigenvalue weighted by Gasteiger charge is -2.07. The van der Waals surface area contributed by atoms with Crippen molar-refractivity contribution in [1.82, 2.24) is 25.1 Å². The van der Waals surface area contributed by atoms with Gasteiger partial charge in [-0.15, -0.1) is 0 Å². The number of rotatable bonds is 3. The second-order valence-corrected chi connectivity index (χ2v) is 5.60. The van der Waals surface area contributed by atoms with Crippen molar-refractivity contribution in [3.05, 3.63) is 40.9 Å². The number of aromatic carboxylic acids is 1. The van der Waals surface area contributed by atoms with Gasteiger partial charge < -0.3 is 15.4 Å². The number of aromatic nitrogens is 5. The molecule has 23 heavy (non-hydrogen) atoms. The van der Waals surface area contributed by atoms with Crippen molar-refractivity contribution in [3.8, 4) is 0 Å². The van der Waals surface area contributed by atoms with Crippen molar-refractivity contribution < 1.29 is 9.90 Å². The average Bonchev–Trinajstić information content (AvgIpc) is 3.12. The van der Waals surface area contributed by atoms with Gasteiger partial charge >= 0.3 is 5.97 Å². The van der Waals surface area contributed by atoms with Crippen molar-refractivity contribution in [1.29, 1.82) is 0 Å². The van der Waals surface area contributed by atoms with Gasteiger partial charge in [-0.3, -0.25) is 5.10 Å². The third-order valence-corrected chi connectivity index (χ3v) is 3.75. The van der Waals surface area contributed by atoms with Gasteiger partial charge in [-0.05, 0) is 40.2 Å². The molecule has 0 saturated heterocycles. The highest BCUT2D eigenvalue weighted by Crippen LogP contribution is 2.27. The number of anilines is 2. The average molecular weight is 373 g/mol. The Bertz CT molecular complexity index is 1050. The first-order chi connectivity index (χ1) is 11.1. The zero-order valence-corrected chi connectivity index (χ0v) is 13.0. The molecule has 0 atom stereocenters. The third-order valence-electron chi connectivity index (χ3n) is 3.39. The van der Waals surface area contributed by atoms with E-state index in [0.29, 0.717) is 21.6 Å². The van der Waals surface area contributed by atoms with Gasteiger partial charge in [0, 0.05) is 11.1 Å². The second-order valence-electron chi connectivity index (χ2n) is 4.89. The van der Waals surface area contributed by atoms with E-state index in [-0.39, 0.29) is 5.69 Å². The molecule has 0 bridgehead atoms. The van der Waals surface area contributed by atoms with Gasteiger partial charge in [0.2, 0.25) is 4.73 Å². The maximum Gasteiger partial charge on any atom is 0.352 e. The summed E-state index contributed by atoms with van der Waals surface area (Å²) in [5, 5.41) is 20.7. The lowest BCUT2D eigenvalue weighted by molar-refractivity contribution is 0.0691. The molecule has 1 aromatic carbocycles. The maximum absolute atomic E-state index is 11.1. The number of fused-ring (bicyclic) bond motifs is 2. The summed E-state index contributed by atoms with van der Waals surface area (Å²) in [5.41, 5.74) is 2.24. The van der Waals surface area contributed by atoms with Crippen LogP contribution >= 0.6 is 15.9 Å². The molecule has 0 radical (unpaired) electrons. The zero-order valence-electron chi connectivity index (χ0n) is 11.5. The minimum atomic E-state index is -1.05. The van der Waals surface area contributed by atoms with E-state index in [1.165, 1.54) is 6.07 Å². The number of carboxylic acid groups (broad SMARTS) is 1. The van der Waals surface area contributed by atoms with Gasteiger partial charge in [0.1, 0.15) is 17.2 Å². The van der Waals surface area contributed by atoms with Crippen molar-refractivity contribution in [3.63, 3.8) is 0 Å². The van der Waals surface area contributed by atoms with Crippen LogP contribution in [0.2, 0.25) is 0 Å². The number of halogens is 1. The van der Waals surface area contributed by atoms with E-state index in [2.05, 4.69) is 46.4 Å². The van der Waals surface area contributed by atoms with Crippen molar-refractivity contribution in [2.75, 3.05) is 5.32 Å². The molecule has 4 rings (SSSR count). The summed E-state index contributed by atoms with van der Waals surface area (Å²) < 4.78 is 0.357. The standard InChI is InChI=1S/C14H9BrN6O2/c15-14-19-11(8-4-10(13(22)23)18-12(8)20-14)17-7-1-2-9-6(3-7)5-16-21-9/h1-5H,(H,16,21)(H,22,23)(H2,17,18,19,20). The van der Waals surface area contributed by atoms with E-state index in [1.54, 1.807) is 6.20 Å². The number of H-pyrrole nitrogens is 2. The van der Waals surface area contributed by atoms with Gasteiger partial charge in [-0.25, -0.2) is 14.8 Å². The first-order valence-electron chi connectivity index (χ1n) is 6.60. The predicted octanol–water partition coefficient (Wildman–Crippen LogP) is 3.04. The summed E-state index contributed by atoms with van der Waals surface area (Å²) in [7, 11) is 0. The van der Waals surface area contributed by atoms with Gasteiger partial charge in [0.15, 0.2) is 0 Å². The maximum atomic E-state index is 11.1. The van der Waals surface area contributed by atoms with Crippen LogP contribution in [0.15, 0.2) is 35.2 Å². The number of nitrogens with zero attached hydrogens (tertiary/aromatic N) is 3. The van der Waals surface area contributed by atoms with Crippen molar-refractivity contribution >= 4 is 55.3 Å². The normalized spacial score (nSPS) is 11.2. The van der Waals surface area contributed by atoms with Gasteiger partial charge in [0.25, 0.3) is 0 Å². The molecule has 3 heterocycles. The van der Waals surface area contributed by atoms with E-state index < -0.39 is 5.97 Å². The Morgan fingerprint density at radius 2 is 2.13 bits per heavy atom. The molecule has 0 aliphatic carbocycles. The largest absolute Gasteiger partial charge is 0.477 e. The highest BCUT2D eigenvalue weighted by atomic mass is 79.9. The minimum Gasteiger partial charge on any atom is -0.477 e. The summed E-state index contributed by atoms with van der Waals surface area (Å²) in [4.78, 5) is 22.3. The SMILES string of the molecule is O=C(O)c1cc2c(Nc3ccc4[nH]ncc4c3)nc(Br)nc2[nH]1. The molecule has 8 nitrogen and oxygen atoms in total. The lowest BCUT2D eigenvalue weighted by atomic mass is 10.2. The third kappa shape index (κ3) is 2.40. The van der Waals surface area contributed by atoms with E-state index in [4.69, 9.17) is 5.11 Å². The Labute approximate surface area is 137 Å². The van der Waals surface area contributed by atoms with E-state index in [0.717, 1.165) is 16.6 Å². The monoisotopic (exact) mass is 372 g/mol. The minimum absolute atomic E-state index is 0.0562. The molecule has 4 aromatic rings. The fraction of sp³-hybridized carbons (Fsp3) is 0. The van der Waals surface area contributed by atoms with Crippen molar-refractivity contribution in [2.45, 2.75) is 0 Å². The zero-order chi connectivity index (χ0) is 16.0. The Kier molecular flexibility index (Phi) is 3.01. The molecule has 0 saturated carbocycles. The molecule has 0 fully saturated rings. The van der Waals surface area contributed by atoms with Crippen LogP contribution in [0.4, 0.5) is 11.5 Å². The van der Waals surface area contributed by atoms with Gasteiger partial charge in [-0.2, -0.15) is 5.10 Å². The van der Waals surface area contributed by atoms with Crippen LogP contribution in [0, 0.1) is 0 Å². The number of carbonyl (C=O) groups is 1. The first-order valence-corrected chi connectivity index (χ1v) is 7.39. The molecule has 114 valence electrons. The number of hydrogen-bond acceptors (Lipinski definition) is 5. The van der Waals surface area contributed by atoms with Gasteiger partial charge in [-0.1, -0.05) is 0 Å². The summed E-state index contributed by atoms with van der Waals surface area (Å²) >= 11 is 3.23. The summed E-state index contributed by atoms with van der Waals surface area (Å²) in [6.07, 6.45) is 1.73. The van der Waals surface area contributed by atoms with Gasteiger partial charge in [0.05, 0.1) is 17.1 Å². The molecule has 0 aliphatic rings. The fourth-order valence-electron chi connectivity index (χ4n) is 2.35. The molecule has 0 aliphatic heterocycles. The van der Waals surface area contributed by atoms with E-state index >= 15 is 0 Å².